The number of hydrogen-bond acceptors (Lipinski definition) is 4. The zero-order chi connectivity index (χ0) is 18.3. The van der Waals surface area contributed by atoms with E-state index in [0.29, 0.717) is 32.9 Å². The summed E-state index contributed by atoms with van der Waals surface area (Å²) in [4.78, 5) is 31.2. The number of anilines is 1. The first-order chi connectivity index (χ1) is 12.5. The molecule has 0 spiro atoms. The van der Waals surface area contributed by atoms with Gasteiger partial charge in [-0.1, -0.05) is 18.2 Å². The van der Waals surface area contributed by atoms with Crippen LogP contribution in [0.15, 0.2) is 48.0 Å². The maximum atomic E-state index is 13.9. The Morgan fingerprint density at radius 2 is 2.12 bits per heavy atom. The summed E-state index contributed by atoms with van der Waals surface area (Å²) in [7, 11) is 0. The van der Waals surface area contributed by atoms with Gasteiger partial charge in [-0.05, 0) is 41.6 Å². The number of fused-ring (bicyclic) bond motifs is 1. The molecule has 1 aliphatic heterocycles. The van der Waals surface area contributed by atoms with Crippen molar-refractivity contribution in [2.24, 2.45) is 0 Å². The van der Waals surface area contributed by atoms with Gasteiger partial charge in [-0.25, -0.2) is 4.39 Å². The van der Waals surface area contributed by atoms with Crippen molar-refractivity contribution >= 4 is 28.7 Å². The van der Waals surface area contributed by atoms with Crippen molar-refractivity contribution in [2.45, 2.75) is 13.3 Å². The van der Waals surface area contributed by atoms with E-state index >= 15 is 0 Å². The van der Waals surface area contributed by atoms with Gasteiger partial charge in [0.25, 0.3) is 0 Å². The lowest BCUT2D eigenvalue weighted by Crippen LogP contribution is -2.32. The number of benzene rings is 1. The van der Waals surface area contributed by atoms with Crippen LogP contribution in [0.2, 0.25) is 0 Å². The van der Waals surface area contributed by atoms with E-state index in [1.807, 2.05) is 17.5 Å². The average Bonchev–Trinajstić information content (AvgIpc) is 3.26. The van der Waals surface area contributed by atoms with Crippen LogP contribution in [0.1, 0.15) is 20.9 Å². The van der Waals surface area contributed by atoms with Crippen molar-refractivity contribution in [3.05, 3.63) is 69.9 Å². The molecule has 130 valence electrons. The molecule has 1 amide bonds. The van der Waals surface area contributed by atoms with Gasteiger partial charge in [0.2, 0.25) is 5.91 Å². The number of amides is 1. The van der Waals surface area contributed by atoms with Crippen LogP contribution in [0.3, 0.4) is 0 Å². The van der Waals surface area contributed by atoms with E-state index in [1.54, 1.807) is 31.3 Å². The molecule has 4 nitrogen and oxygen atoms in total. The Morgan fingerprint density at radius 1 is 1.27 bits per heavy atom. The topological polar surface area (TPSA) is 50.3 Å². The number of ketones is 1. The third-order valence-corrected chi connectivity index (χ3v) is 5.37. The van der Waals surface area contributed by atoms with Crippen LogP contribution in [0, 0.1) is 12.7 Å². The van der Waals surface area contributed by atoms with Gasteiger partial charge in [0.1, 0.15) is 5.82 Å². The molecule has 0 radical (unpaired) electrons. The van der Waals surface area contributed by atoms with Crippen molar-refractivity contribution < 1.29 is 14.0 Å². The molecule has 0 fully saturated rings. The number of aryl methyl sites for hydroxylation is 1. The molecule has 26 heavy (non-hydrogen) atoms. The highest BCUT2D eigenvalue weighted by molar-refractivity contribution is 7.12. The SMILES string of the molecule is Cc1ccc(-c2cnc3c(c2)N(CC(=O)c2cccs2)C(=O)C3)cc1F. The third kappa shape index (κ3) is 2.93. The Labute approximate surface area is 153 Å². The molecular formula is C20H15FN2O2S. The Bertz CT molecular complexity index is 1010. The lowest BCUT2D eigenvalue weighted by Gasteiger charge is -2.16. The minimum Gasteiger partial charge on any atom is -0.302 e. The monoisotopic (exact) mass is 366 g/mol. The molecule has 1 aromatic carbocycles. The van der Waals surface area contributed by atoms with Gasteiger partial charge in [-0.2, -0.15) is 0 Å². The number of pyridine rings is 1. The van der Waals surface area contributed by atoms with E-state index in [-0.39, 0.29) is 30.5 Å². The second kappa shape index (κ2) is 6.46. The summed E-state index contributed by atoms with van der Waals surface area (Å²) in [6.45, 7) is 1.69. The number of rotatable bonds is 4. The molecule has 1 aliphatic rings. The van der Waals surface area contributed by atoms with E-state index in [0.717, 1.165) is 0 Å². The summed E-state index contributed by atoms with van der Waals surface area (Å²) < 4.78 is 13.9. The highest BCUT2D eigenvalue weighted by atomic mass is 32.1. The van der Waals surface area contributed by atoms with E-state index in [2.05, 4.69) is 4.98 Å². The molecule has 0 unspecified atom stereocenters. The molecule has 0 aliphatic carbocycles. The lowest BCUT2D eigenvalue weighted by atomic mass is 10.0. The number of carbonyl (C=O) groups is 2. The van der Waals surface area contributed by atoms with Crippen LogP contribution in [-0.4, -0.2) is 23.2 Å². The minimum absolute atomic E-state index is 0.0141. The Morgan fingerprint density at radius 3 is 2.85 bits per heavy atom. The fourth-order valence-electron chi connectivity index (χ4n) is 2.99. The molecule has 2 aromatic heterocycles. The number of aromatic nitrogens is 1. The predicted octanol–water partition coefficient (Wildman–Crippen LogP) is 4.03. The maximum Gasteiger partial charge on any atom is 0.233 e. The van der Waals surface area contributed by atoms with Gasteiger partial charge in [0.15, 0.2) is 5.78 Å². The first-order valence-corrected chi connectivity index (χ1v) is 9.03. The summed E-state index contributed by atoms with van der Waals surface area (Å²) in [5.74, 6) is -0.540. The van der Waals surface area contributed by atoms with Gasteiger partial charge in [0, 0.05) is 11.8 Å². The highest BCUT2D eigenvalue weighted by Gasteiger charge is 2.30. The van der Waals surface area contributed by atoms with Crippen LogP contribution in [0.4, 0.5) is 10.1 Å². The zero-order valence-electron chi connectivity index (χ0n) is 14.0. The van der Waals surface area contributed by atoms with Gasteiger partial charge in [-0.3, -0.25) is 14.6 Å². The number of Topliss-reactive ketones (excluding diaryl/α,β-unsaturated/α-hetero) is 1. The van der Waals surface area contributed by atoms with Crippen molar-refractivity contribution in [2.75, 3.05) is 11.4 Å². The first-order valence-electron chi connectivity index (χ1n) is 8.15. The van der Waals surface area contributed by atoms with Crippen molar-refractivity contribution in [3.8, 4) is 11.1 Å². The largest absolute Gasteiger partial charge is 0.302 e. The van der Waals surface area contributed by atoms with Crippen LogP contribution in [0.5, 0.6) is 0 Å². The third-order valence-electron chi connectivity index (χ3n) is 4.46. The Hall–Kier alpha value is -2.86. The molecule has 3 heterocycles. The maximum absolute atomic E-state index is 13.9. The normalized spacial score (nSPS) is 13.2. The highest BCUT2D eigenvalue weighted by Crippen LogP contribution is 2.32. The van der Waals surface area contributed by atoms with Gasteiger partial charge in [0.05, 0.1) is 29.2 Å². The number of thiophene rings is 1. The molecule has 0 saturated carbocycles. The predicted molar refractivity (Wildman–Crippen MR) is 99.1 cm³/mol. The van der Waals surface area contributed by atoms with E-state index in [9.17, 15) is 14.0 Å². The molecule has 6 heteroatoms. The van der Waals surface area contributed by atoms with Crippen LogP contribution < -0.4 is 4.90 Å². The quantitative estimate of drug-likeness (QED) is 0.655. The van der Waals surface area contributed by atoms with Crippen molar-refractivity contribution in [3.63, 3.8) is 0 Å². The average molecular weight is 366 g/mol. The van der Waals surface area contributed by atoms with Gasteiger partial charge < -0.3 is 4.90 Å². The fraction of sp³-hybridized carbons (Fsp3) is 0.150. The first kappa shape index (κ1) is 16.6. The Kier molecular flexibility index (Phi) is 4.12. The summed E-state index contributed by atoms with van der Waals surface area (Å²) >= 11 is 1.36. The number of halogens is 1. The van der Waals surface area contributed by atoms with Crippen LogP contribution in [0.25, 0.3) is 11.1 Å². The van der Waals surface area contributed by atoms with Crippen LogP contribution >= 0.6 is 11.3 Å². The number of nitrogens with zero attached hydrogens (tertiary/aromatic N) is 2. The van der Waals surface area contributed by atoms with Gasteiger partial charge in [-0.15, -0.1) is 11.3 Å². The summed E-state index contributed by atoms with van der Waals surface area (Å²) in [5, 5.41) is 1.83. The summed E-state index contributed by atoms with van der Waals surface area (Å²) in [6.07, 6.45) is 1.82. The second-order valence-corrected chi connectivity index (χ2v) is 7.16. The minimum atomic E-state index is -0.288. The van der Waals surface area contributed by atoms with Crippen molar-refractivity contribution in [1.29, 1.82) is 0 Å². The van der Waals surface area contributed by atoms with Crippen LogP contribution in [-0.2, 0) is 11.2 Å². The Balaban J connectivity index is 1.68. The number of hydrogen-bond donors (Lipinski definition) is 0. The molecule has 0 bridgehead atoms. The van der Waals surface area contributed by atoms with E-state index in [1.165, 1.54) is 22.3 Å². The van der Waals surface area contributed by atoms with E-state index in [4.69, 9.17) is 0 Å². The van der Waals surface area contributed by atoms with Crippen molar-refractivity contribution in [1.82, 2.24) is 4.98 Å². The number of carbonyl (C=O) groups excluding carboxylic acids is 2. The van der Waals surface area contributed by atoms with E-state index < -0.39 is 0 Å². The smallest absolute Gasteiger partial charge is 0.233 e. The fourth-order valence-corrected chi connectivity index (χ4v) is 3.64. The summed E-state index contributed by atoms with van der Waals surface area (Å²) in [6, 6.07) is 10.3. The molecule has 0 atom stereocenters. The molecule has 3 aromatic rings. The molecule has 4 rings (SSSR count). The van der Waals surface area contributed by atoms with Gasteiger partial charge >= 0.3 is 0 Å². The lowest BCUT2D eigenvalue weighted by molar-refractivity contribution is -0.117. The molecular weight excluding hydrogens is 351 g/mol. The zero-order valence-corrected chi connectivity index (χ0v) is 14.8. The summed E-state index contributed by atoms with van der Waals surface area (Å²) in [5.41, 5.74) is 3.24. The standard InChI is InChI=1S/C20H15FN2O2S/c1-12-4-5-13(7-15(12)21)14-8-17-16(22-10-14)9-20(25)23(17)11-18(24)19-3-2-6-26-19/h2-8,10H,9,11H2,1H3. The second-order valence-electron chi connectivity index (χ2n) is 6.21. The molecule has 0 N–H and O–H groups in total. The molecule has 0 saturated heterocycles.